The van der Waals surface area contributed by atoms with Gasteiger partial charge in [-0.25, -0.2) is 0 Å². The van der Waals surface area contributed by atoms with Crippen molar-refractivity contribution in [3.63, 3.8) is 0 Å². The highest BCUT2D eigenvalue weighted by molar-refractivity contribution is 6.75. The average molecular weight is 338 g/mol. The topological polar surface area (TPSA) is 42.6 Å². The van der Waals surface area contributed by atoms with E-state index >= 15 is 0 Å². The lowest BCUT2D eigenvalue weighted by Gasteiger charge is -2.38. The molecule has 0 aromatic carbocycles. The van der Waals surface area contributed by atoms with Crippen LogP contribution in [0.1, 0.15) is 13.8 Å². The minimum absolute atomic E-state index is 0.0135. The SMILES string of the molecule is CC(C)N1N=CN(C(Cl)(Cl)C(Cl)(Cl)Cl)C1C#N. The third-order valence-electron chi connectivity index (χ3n) is 2.13. The third kappa shape index (κ3) is 2.80. The summed E-state index contributed by atoms with van der Waals surface area (Å²) in [5.41, 5.74) is 0. The summed E-state index contributed by atoms with van der Waals surface area (Å²) < 4.78 is -3.87. The molecule has 1 atom stereocenters. The summed E-state index contributed by atoms with van der Waals surface area (Å²) in [6.07, 6.45) is 0.469. The van der Waals surface area contributed by atoms with E-state index in [4.69, 9.17) is 63.3 Å². The lowest BCUT2D eigenvalue weighted by Crippen LogP contribution is -2.54. The zero-order chi connectivity index (χ0) is 13.4. The van der Waals surface area contributed by atoms with Crippen molar-refractivity contribution in [3.05, 3.63) is 0 Å². The molecule has 96 valence electrons. The second-order valence-electron chi connectivity index (χ2n) is 3.65. The van der Waals surface area contributed by atoms with Crippen molar-refractivity contribution in [2.75, 3.05) is 0 Å². The van der Waals surface area contributed by atoms with Gasteiger partial charge in [0.25, 0.3) is 0 Å². The molecule has 9 heteroatoms. The number of nitriles is 1. The van der Waals surface area contributed by atoms with Gasteiger partial charge in [0.15, 0.2) is 0 Å². The first kappa shape index (κ1) is 15.3. The quantitative estimate of drug-likeness (QED) is 0.573. The Morgan fingerprint density at radius 2 is 1.82 bits per heavy atom. The first-order valence-electron chi connectivity index (χ1n) is 4.58. The molecule has 0 amide bonds. The van der Waals surface area contributed by atoms with Crippen LogP contribution < -0.4 is 0 Å². The summed E-state index contributed by atoms with van der Waals surface area (Å²) in [5, 5.41) is 14.7. The highest BCUT2D eigenvalue weighted by atomic mass is 35.6. The highest BCUT2D eigenvalue weighted by Gasteiger charge is 2.54. The van der Waals surface area contributed by atoms with Crippen molar-refractivity contribution < 1.29 is 0 Å². The Balaban J connectivity index is 3.03. The maximum atomic E-state index is 9.12. The lowest BCUT2D eigenvalue weighted by atomic mass is 10.3. The maximum Gasteiger partial charge on any atom is 0.241 e. The molecule has 0 bridgehead atoms. The molecule has 0 spiro atoms. The summed E-state index contributed by atoms with van der Waals surface area (Å²) >= 11 is 29.0. The minimum atomic E-state index is -1.98. The fraction of sp³-hybridized carbons (Fsp3) is 0.750. The first-order chi connectivity index (χ1) is 7.63. The Labute approximate surface area is 125 Å². The van der Waals surface area contributed by atoms with Gasteiger partial charge >= 0.3 is 0 Å². The van der Waals surface area contributed by atoms with E-state index in [1.807, 2.05) is 19.9 Å². The molecule has 0 saturated carbocycles. The minimum Gasteiger partial charge on any atom is -0.291 e. The zero-order valence-electron chi connectivity index (χ0n) is 8.91. The average Bonchev–Trinajstić information content (AvgIpc) is 2.59. The summed E-state index contributed by atoms with van der Waals surface area (Å²) in [5.74, 6) is 0. The molecule has 0 N–H and O–H groups in total. The lowest BCUT2D eigenvalue weighted by molar-refractivity contribution is 0.126. The molecule has 0 saturated heterocycles. The van der Waals surface area contributed by atoms with Gasteiger partial charge in [-0.3, -0.25) is 9.91 Å². The molecule has 0 fully saturated rings. The zero-order valence-corrected chi connectivity index (χ0v) is 12.7. The second kappa shape index (κ2) is 5.07. The van der Waals surface area contributed by atoms with Crippen molar-refractivity contribution >= 4 is 64.3 Å². The number of halogens is 5. The number of hydrazone groups is 1. The van der Waals surface area contributed by atoms with E-state index < -0.39 is 14.4 Å². The van der Waals surface area contributed by atoms with E-state index in [9.17, 15) is 0 Å². The van der Waals surface area contributed by atoms with Crippen LogP contribution in [0.25, 0.3) is 0 Å². The standard InChI is InChI=1S/C8H9Cl5N4/c1-5(2)17-6(3-14)16(4-15-17)8(12,13)7(9,10)11/h4-6H,1-2H3. The van der Waals surface area contributed by atoms with Crippen LogP contribution in [0.15, 0.2) is 5.10 Å². The molecule has 17 heavy (non-hydrogen) atoms. The van der Waals surface area contributed by atoms with Gasteiger partial charge in [-0.2, -0.15) is 10.4 Å². The van der Waals surface area contributed by atoms with E-state index in [0.29, 0.717) is 0 Å². The van der Waals surface area contributed by atoms with E-state index in [-0.39, 0.29) is 6.04 Å². The van der Waals surface area contributed by atoms with Crippen molar-refractivity contribution in [1.29, 1.82) is 5.26 Å². The first-order valence-corrected chi connectivity index (χ1v) is 6.47. The van der Waals surface area contributed by atoms with Crippen LogP contribution in [0.2, 0.25) is 0 Å². The maximum absolute atomic E-state index is 9.12. The Morgan fingerprint density at radius 1 is 1.29 bits per heavy atom. The molecule has 4 nitrogen and oxygen atoms in total. The third-order valence-corrected chi connectivity index (χ3v) is 4.49. The van der Waals surface area contributed by atoms with Gasteiger partial charge in [-0.05, 0) is 13.8 Å². The molecule has 0 aromatic rings. The molecule has 0 radical (unpaired) electrons. The summed E-state index contributed by atoms with van der Waals surface area (Å²) in [4.78, 5) is 1.20. The van der Waals surface area contributed by atoms with Crippen molar-refractivity contribution in [1.82, 2.24) is 9.91 Å². The fourth-order valence-corrected chi connectivity index (χ4v) is 1.84. The van der Waals surface area contributed by atoms with Gasteiger partial charge in [0, 0.05) is 6.04 Å². The summed E-state index contributed by atoms with van der Waals surface area (Å²) in [7, 11) is 0. The molecule has 0 aromatic heterocycles. The van der Waals surface area contributed by atoms with Gasteiger partial charge in [0.05, 0.1) is 0 Å². The van der Waals surface area contributed by atoms with Crippen molar-refractivity contribution in [2.45, 2.75) is 34.3 Å². The Morgan fingerprint density at radius 3 is 2.18 bits per heavy atom. The number of alkyl halides is 5. The van der Waals surface area contributed by atoms with Crippen LogP contribution in [0, 0.1) is 11.3 Å². The number of rotatable bonds is 2. The van der Waals surface area contributed by atoms with Crippen LogP contribution in [0.5, 0.6) is 0 Å². The van der Waals surface area contributed by atoms with E-state index in [1.54, 1.807) is 0 Å². The summed E-state index contributed by atoms with van der Waals surface area (Å²) in [6, 6.07) is 1.99. The molecule has 1 unspecified atom stereocenters. The normalized spacial score (nSPS) is 21.2. The predicted octanol–water partition coefficient (Wildman–Crippen LogP) is 3.31. The van der Waals surface area contributed by atoms with Crippen molar-refractivity contribution in [2.24, 2.45) is 5.10 Å². The van der Waals surface area contributed by atoms with E-state index in [0.717, 1.165) is 0 Å². The van der Waals surface area contributed by atoms with Gasteiger partial charge in [0.2, 0.25) is 14.4 Å². The Hall–Kier alpha value is 0.210. The van der Waals surface area contributed by atoms with Crippen LogP contribution >= 0.6 is 58.0 Å². The van der Waals surface area contributed by atoms with Crippen LogP contribution in [0.3, 0.4) is 0 Å². The molecule has 1 rings (SSSR count). The highest BCUT2D eigenvalue weighted by Crippen LogP contribution is 2.49. The molecular formula is C8H9Cl5N4. The molecular weight excluding hydrogens is 329 g/mol. The van der Waals surface area contributed by atoms with Crippen LogP contribution in [0.4, 0.5) is 0 Å². The number of hydrogen-bond donors (Lipinski definition) is 0. The van der Waals surface area contributed by atoms with Crippen LogP contribution in [-0.4, -0.2) is 36.7 Å². The second-order valence-corrected chi connectivity index (χ2v) is 7.22. The van der Waals surface area contributed by atoms with Crippen LogP contribution in [-0.2, 0) is 0 Å². The predicted molar refractivity (Wildman–Crippen MR) is 71.4 cm³/mol. The Kier molecular flexibility index (Phi) is 4.55. The fourth-order valence-electron chi connectivity index (χ4n) is 1.28. The molecule has 1 aliphatic heterocycles. The van der Waals surface area contributed by atoms with Gasteiger partial charge in [-0.1, -0.05) is 58.0 Å². The Bertz CT molecular complexity index is 356. The largest absolute Gasteiger partial charge is 0.291 e. The molecule has 1 heterocycles. The monoisotopic (exact) mass is 336 g/mol. The molecule has 0 aliphatic carbocycles. The van der Waals surface area contributed by atoms with E-state index in [1.165, 1.54) is 16.2 Å². The number of hydrogen-bond acceptors (Lipinski definition) is 4. The number of nitrogens with zero attached hydrogens (tertiary/aromatic N) is 4. The smallest absolute Gasteiger partial charge is 0.241 e. The van der Waals surface area contributed by atoms with Gasteiger partial charge < -0.3 is 0 Å². The van der Waals surface area contributed by atoms with Gasteiger partial charge in [0.1, 0.15) is 12.4 Å². The van der Waals surface area contributed by atoms with Crippen molar-refractivity contribution in [3.8, 4) is 6.07 Å². The van der Waals surface area contributed by atoms with E-state index in [2.05, 4.69) is 5.10 Å². The van der Waals surface area contributed by atoms with Gasteiger partial charge in [-0.15, -0.1) is 0 Å². The summed E-state index contributed by atoms with van der Waals surface area (Å²) in [6.45, 7) is 3.73. The molecule has 1 aliphatic rings.